The van der Waals surface area contributed by atoms with Crippen LogP contribution in [0, 0.1) is 0 Å². The first kappa shape index (κ1) is 28.3. The maximum Gasteiger partial charge on any atom is 0.235 e. The first-order chi connectivity index (χ1) is 25.3. The monoisotopic (exact) mass is 668 g/mol. The van der Waals surface area contributed by atoms with Crippen molar-refractivity contribution in [3.8, 4) is 34.0 Å². The van der Waals surface area contributed by atoms with Crippen molar-refractivity contribution in [1.29, 1.82) is 0 Å². The third-order valence-corrected chi connectivity index (χ3v) is 11.1. The highest BCUT2D eigenvalue weighted by atomic mass is 32.1. The van der Waals surface area contributed by atoms with Gasteiger partial charge < -0.3 is 4.57 Å². The summed E-state index contributed by atoms with van der Waals surface area (Å²) in [5.74, 6) is 0.679. The van der Waals surface area contributed by atoms with E-state index >= 15 is 0 Å². The van der Waals surface area contributed by atoms with Crippen molar-refractivity contribution in [3.05, 3.63) is 169 Å². The highest BCUT2D eigenvalue weighted by Crippen LogP contribution is 2.40. The van der Waals surface area contributed by atoms with E-state index in [0.29, 0.717) is 5.95 Å². The molecule has 5 heteroatoms. The Morgan fingerprint density at radius 3 is 1.80 bits per heavy atom. The average Bonchev–Trinajstić information content (AvgIpc) is 3.89. The predicted molar refractivity (Wildman–Crippen MR) is 214 cm³/mol. The molecule has 0 saturated carbocycles. The van der Waals surface area contributed by atoms with Gasteiger partial charge in [0.25, 0.3) is 0 Å². The van der Waals surface area contributed by atoms with Crippen molar-refractivity contribution in [3.63, 3.8) is 0 Å². The van der Waals surface area contributed by atoms with Crippen LogP contribution in [0.4, 0.5) is 0 Å². The van der Waals surface area contributed by atoms with Gasteiger partial charge >= 0.3 is 0 Å². The van der Waals surface area contributed by atoms with E-state index in [4.69, 9.17) is 9.97 Å². The molecule has 238 valence electrons. The Balaban J connectivity index is 1.16. The van der Waals surface area contributed by atoms with E-state index in [9.17, 15) is 0 Å². The third-order valence-electron chi connectivity index (χ3n) is 10.2. The van der Waals surface area contributed by atoms with Gasteiger partial charge in [-0.1, -0.05) is 103 Å². The van der Waals surface area contributed by atoms with Gasteiger partial charge in [-0.3, -0.25) is 4.57 Å². The van der Waals surface area contributed by atoms with Gasteiger partial charge in [0.2, 0.25) is 5.95 Å². The summed E-state index contributed by atoms with van der Waals surface area (Å²) in [5, 5.41) is 9.36. The number of thiophene rings is 1. The zero-order valence-electron chi connectivity index (χ0n) is 27.4. The average molecular weight is 669 g/mol. The van der Waals surface area contributed by atoms with Crippen LogP contribution in [0.2, 0.25) is 0 Å². The first-order valence-corrected chi connectivity index (χ1v) is 18.0. The molecule has 4 heterocycles. The zero-order valence-corrected chi connectivity index (χ0v) is 28.2. The summed E-state index contributed by atoms with van der Waals surface area (Å²) in [6.07, 6.45) is 0. The predicted octanol–water partition coefficient (Wildman–Crippen LogP) is 12.4. The molecule has 11 rings (SSSR count). The van der Waals surface area contributed by atoms with E-state index in [-0.39, 0.29) is 0 Å². The lowest BCUT2D eigenvalue weighted by atomic mass is 10.00. The molecule has 0 unspecified atom stereocenters. The Morgan fingerprint density at radius 2 is 1.02 bits per heavy atom. The van der Waals surface area contributed by atoms with Gasteiger partial charge in [0, 0.05) is 32.8 Å². The van der Waals surface area contributed by atoms with Crippen molar-refractivity contribution >= 4 is 75.9 Å². The van der Waals surface area contributed by atoms with Crippen LogP contribution in [-0.2, 0) is 0 Å². The first-order valence-electron chi connectivity index (χ1n) is 17.2. The molecule has 0 radical (unpaired) electrons. The van der Waals surface area contributed by atoms with Crippen LogP contribution in [0.1, 0.15) is 0 Å². The molecule has 51 heavy (non-hydrogen) atoms. The largest absolute Gasteiger partial charge is 0.309 e. The molecule has 0 aliphatic carbocycles. The Kier molecular flexibility index (Phi) is 6.09. The molecule has 0 fully saturated rings. The third kappa shape index (κ3) is 4.32. The fourth-order valence-electron chi connectivity index (χ4n) is 7.85. The Bertz CT molecular complexity index is 3130. The molecule has 11 aromatic rings. The number of hydrogen-bond donors (Lipinski definition) is 0. The number of aromatic nitrogens is 4. The van der Waals surface area contributed by atoms with Gasteiger partial charge in [0.15, 0.2) is 0 Å². The fraction of sp³-hybridized carbons (Fsp3) is 0. The molecule has 7 aromatic carbocycles. The van der Waals surface area contributed by atoms with E-state index in [1.54, 1.807) is 11.3 Å². The summed E-state index contributed by atoms with van der Waals surface area (Å²) in [6, 6.07) is 58.8. The highest BCUT2D eigenvalue weighted by Gasteiger charge is 2.20. The topological polar surface area (TPSA) is 35.6 Å². The standard InChI is InChI=1S/C46H28N4S/c1-3-11-29(12-4-1)44-45-39(23-24-51-45)47-46(48-44)50-42-22-20-33(27-37(42)38-25-30-13-7-8-14-31(30)28-43(38)50)32-19-21-41-36(26-32)35-17-9-10-18-40(35)49(41)34-15-5-2-6-16-34/h1-28H. The minimum Gasteiger partial charge on any atom is -0.309 e. The van der Waals surface area contributed by atoms with Crippen molar-refractivity contribution in [1.82, 2.24) is 19.1 Å². The lowest BCUT2D eigenvalue weighted by Crippen LogP contribution is -2.02. The minimum atomic E-state index is 0.679. The second-order valence-electron chi connectivity index (χ2n) is 13.1. The summed E-state index contributed by atoms with van der Waals surface area (Å²) < 4.78 is 5.72. The number of hydrogen-bond acceptors (Lipinski definition) is 3. The SMILES string of the molecule is c1ccc(-c2nc(-n3c4ccc(-c5ccc6c(c5)c5ccccc5n6-c5ccccc5)cc4c4cc5ccccc5cc43)nc3ccsc23)cc1. The van der Waals surface area contributed by atoms with Gasteiger partial charge in [-0.15, -0.1) is 11.3 Å². The number of nitrogens with zero attached hydrogens (tertiary/aromatic N) is 4. The van der Waals surface area contributed by atoms with E-state index in [2.05, 4.69) is 172 Å². The molecule has 0 amide bonds. The van der Waals surface area contributed by atoms with Gasteiger partial charge in [-0.05, 0) is 87.9 Å². The van der Waals surface area contributed by atoms with Gasteiger partial charge in [0.1, 0.15) is 0 Å². The molecule has 0 aliphatic rings. The minimum absolute atomic E-state index is 0.679. The summed E-state index contributed by atoms with van der Waals surface area (Å²) >= 11 is 1.69. The van der Waals surface area contributed by atoms with Crippen LogP contribution in [0.3, 0.4) is 0 Å². The molecule has 0 saturated heterocycles. The molecular weight excluding hydrogens is 641 g/mol. The summed E-state index contributed by atoms with van der Waals surface area (Å²) in [6.45, 7) is 0. The van der Waals surface area contributed by atoms with Crippen LogP contribution in [0.15, 0.2) is 169 Å². The van der Waals surface area contributed by atoms with Crippen molar-refractivity contribution < 1.29 is 0 Å². The molecule has 4 aromatic heterocycles. The Morgan fingerprint density at radius 1 is 0.412 bits per heavy atom. The van der Waals surface area contributed by atoms with E-state index in [1.165, 1.54) is 54.5 Å². The van der Waals surface area contributed by atoms with Crippen molar-refractivity contribution in [2.75, 3.05) is 0 Å². The smallest absolute Gasteiger partial charge is 0.235 e. The molecule has 0 bridgehead atoms. The summed E-state index contributed by atoms with van der Waals surface area (Å²) in [5.41, 5.74) is 11.1. The van der Waals surface area contributed by atoms with Crippen molar-refractivity contribution in [2.24, 2.45) is 0 Å². The Hall–Kier alpha value is -6.56. The fourth-order valence-corrected chi connectivity index (χ4v) is 8.69. The number of fused-ring (bicyclic) bond motifs is 8. The quantitative estimate of drug-likeness (QED) is 0.187. The lowest BCUT2D eigenvalue weighted by Gasteiger charge is -2.10. The molecule has 0 N–H and O–H groups in total. The molecule has 0 aliphatic heterocycles. The molecule has 4 nitrogen and oxygen atoms in total. The van der Waals surface area contributed by atoms with Crippen LogP contribution in [0.25, 0.3) is 98.6 Å². The van der Waals surface area contributed by atoms with Crippen LogP contribution >= 0.6 is 11.3 Å². The van der Waals surface area contributed by atoms with E-state index in [0.717, 1.165) is 38.2 Å². The second-order valence-corrected chi connectivity index (χ2v) is 14.0. The van der Waals surface area contributed by atoms with Crippen LogP contribution in [0.5, 0.6) is 0 Å². The molecular formula is C46H28N4S. The van der Waals surface area contributed by atoms with E-state index in [1.807, 2.05) is 6.07 Å². The second kappa shape index (κ2) is 11.0. The van der Waals surface area contributed by atoms with Gasteiger partial charge in [-0.25, -0.2) is 9.97 Å². The summed E-state index contributed by atoms with van der Waals surface area (Å²) in [7, 11) is 0. The van der Waals surface area contributed by atoms with E-state index < -0.39 is 0 Å². The Labute approximate surface area is 297 Å². The van der Waals surface area contributed by atoms with Crippen LogP contribution in [-0.4, -0.2) is 19.1 Å². The maximum atomic E-state index is 5.30. The molecule has 0 spiro atoms. The van der Waals surface area contributed by atoms with Gasteiger partial charge in [-0.2, -0.15) is 0 Å². The zero-order chi connectivity index (χ0) is 33.5. The lowest BCUT2D eigenvalue weighted by molar-refractivity contribution is 1.02. The van der Waals surface area contributed by atoms with Crippen molar-refractivity contribution in [2.45, 2.75) is 0 Å². The molecule has 0 atom stereocenters. The van der Waals surface area contributed by atoms with Crippen LogP contribution < -0.4 is 0 Å². The normalized spacial score (nSPS) is 11.9. The summed E-state index contributed by atoms with van der Waals surface area (Å²) in [4.78, 5) is 10.5. The maximum absolute atomic E-state index is 5.30. The number of rotatable bonds is 4. The van der Waals surface area contributed by atoms with Gasteiger partial charge in [0.05, 0.1) is 38.0 Å². The number of benzene rings is 7. The highest BCUT2D eigenvalue weighted by molar-refractivity contribution is 7.17. The number of para-hydroxylation sites is 2.